The predicted octanol–water partition coefficient (Wildman–Crippen LogP) is 5.28. The molecule has 0 aliphatic rings. The minimum Gasteiger partial charge on any atom is -0.411 e. The molecule has 3 rings (SSSR count). The summed E-state index contributed by atoms with van der Waals surface area (Å²) in [5.74, 6) is 0.537. The van der Waals surface area contributed by atoms with E-state index in [9.17, 15) is 4.79 Å². The fourth-order valence-corrected chi connectivity index (χ4v) is 3.58. The van der Waals surface area contributed by atoms with Crippen LogP contribution in [-0.2, 0) is 6.42 Å². The molecule has 0 unspecified atom stereocenters. The van der Waals surface area contributed by atoms with E-state index in [-0.39, 0.29) is 11.0 Å². The highest BCUT2D eigenvalue weighted by atomic mass is 32.2. The minimum atomic E-state index is -0.296. The van der Waals surface area contributed by atoms with Gasteiger partial charge in [0.15, 0.2) is 5.78 Å². The van der Waals surface area contributed by atoms with Crippen molar-refractivity contribution in [2.45, 2.75) is 44.6 Å². The van der Waals surface area contributed by atoms with Crippen LogP contribution < -0.4 is 0 Å². The van der Waals surface area contributed by atoms with Gasteiger partial charge in [-0.05, 0) is 44.9 Å². The Bertz CT molecular complexity index is 896. The number of benzene rings is 2. The number of nitrogens with zero attached hydrogens (tertiary/aromatic N) is 2. The maximum atomic E-state index is 12.6. The van der Waals surface area contributed by atoms with Crippen molar-refractivity contribution in [3.63, 3.8) is 0 Å². The SMILES string of the molecule is CCc1ccc(C(=O)[C@H](C)Sc2nnc(-c3cc(C)cc(C)c3)o2)cc1. The summed E-state index contributed by atoms with van der Waals surface area (Å²) in [6, 6.07) is 13.9. The number of Topliss-reactive ketones (excluding diaryl/α,β-unsaturated/α-hetero) is 1. The Morgan fingerprint density at radius 2 is 1.73 bits per heavy atom. The Balaban J connectivity index is 1.72. The van der Waals surface area contributed by atoms with Crippen molar-refractivity contribution in [3.05, 3.63) is 64.7 Å². The lowest BCUT2D eigenvalue weighted by Gasteiger charge is -2.08. The zero-order chi connectivity index (χ0) is 18.7. The summed E-state index contributed by atoms with van der Waals surface area (Å²) in [5.41, 5.74) is 5.11. The molecular weight excluding hydrogens is 344 g/mol. The largest absolute Gasteiger partial charge is 0.411 e. The standard InChI is InChI=1S/C21H22N2O2S/c1-5-16-6-8-17(9-7-16)19(24)15(4)26-21-23-22-20(25-21)18-11-13(2)10-14(3)12-18/h6-12,15H,5H2,1-4H3/t15-/m0/s1. The molecule has 4 nitrogen and oxygen atoms in total. The molecule has 0 aliphatic heterocycles. The normalized spacial score (nSPS) is 12.2. The molecule has 0 N–H and O–H groups in total. The van der Waals surface area contributed by atoms with Crippen LogP contribution in [0.4, 0.5) is 0 Å². The molecule has 0 aliphatic carbocycles. The van der Waals surface area contributed by atoms with Crippen LogP contribution >= 0.6 is 11.8 Å². The third kappa shape index (κ3) is 4.22. The number of rotatable bonds is 6. The molecule has 0 bridgehead atoms. The van der Waals surface area contributed by atoms with E-state index in [4.69, 9.17) is 4.42 Å². The Morgan fingerprint density at radius 3 is 2.35 bits per heavy atom. The van der Waals surface area contributed by atoms with Crippen LogP contribution in [0.1, 0.15) is 40.9 Å². The number of ketones is 1. The van der Waals surface area contributed by atoms with Gasteiger partial charge in [0.2, 0.25) is 5.89 Å². The third-order valence-corrected chi connectivity index (χ3v) is 5.10. The highest BCUT2D eigenvalue weighted by Gasteiger charge is 2.20. The second-order valence-corrected chi connectivity index (χ2v) is 7.72. The number of carbonyl (C=O) groups is 1. The number of carbonyl (C=O) groups excluding carboxylic acids is 1. The van der Waals surface area contributed by atoms with Crippen LogP contribution in [0.3, 0.4) is 0 Å². The molecule has 2 aromatic carbocycles. The third-order valence-electron chi connectivity index (χ3n) is 4.17. The van der Waals surface area contributed by atoms with Gasteiger partial charge in [0.25, 0.3) is 5.22 Å². The van der Waals surface area contributed by atoms with Crippen molar-refractivity contribution < 1.29 is 9.21 Å². The molecule has 5 heteroatoms. The van der Waals surface area contributed by atoms with E-state index in [1.165, 1.54) is 17.3 Å². The first-order valence-electron chi connectivity index (χ1n) is 8.68. The number of aromatic nitrogens is 2. The molecular formula is C21H22N2O2S. The summed E-state index contributed by atoms with van der Waals surface area (Å²) in [5, 5.41) is 8.33. The predicted molar refractivity (Wildman–Crippen MR) is 105 cm³/mol. The Hall–Kier alpha value is -2.40. The zero-order valence-electron chi connectivity index (χ0n) is 15.4. The van der Waals surface area contributed by atoms with Crippen molar-refractivity contribution in [1.82, 2.24) is 10.2 Å². The second-order valence-electron chi connectivity index (χ2n) is 6.42. The van der Waals surface area contributed by atoms with E-state index in [0.29, 0.717) is 16.7 Å². The van der Waals surface area contributed by atoms with Gasteiger partial charge in [0.05, 0.1) is 5.25 Å². The van der Waals surface area contributed by atoms with Gasteiger partial charge in [-0.2, -0.15) is 0 Å². The topological polar surface area (TPSA) is 56.0 Å². The van der Waals surface area contributed by atoms with Crippen LogP contribution in [0.2, 0.25) is 0 Å². The van der Waals surface area contributed by atoms with Crippen LogP contribution in [0.25, 0.3) is 11.5 Å². The van der Waals surface area contributed by atoms with Crippen LogP contribution in [0.15, 0.2) is 52.1 Å². The highest BCUT2D eigenvalue weighted by molar-refractivity contribution is 8.00. The molecule has 1 atom stereocenters. The van der Waals surface area contributed by atoms with Crippen molar-refractivity contribution in [2.75, 3.05) is 0 Å². The summed E-state index contributed by atoms with van der Waals surface area (Å²) >= 11 is 1.29. The lowest BCUT2D eigenvalue weighted by atomic mass is 10.1. The monoisotopic (exact) mass is 366 g/mol. The van der Waals surface area contributed by atoms with Crippen molar-refractivity contribution in [1.29, 1.82) is 0 Å². The summed E-state index contributed by atoms with van der Waals surface area (Å²) in [6.45, 7) is 8.03. The first kappa shape index (κ1) is 18.4. The molecule has 26 heavy (non-hydrogen) atoms. The van der Waals surface area contributed by atoms with E-state index in [0.717, 1.165) is 23.1 Å². The summed E-state index contributed by atoms with van der Waals surface area (Å²) < 4.78 is 5.76. The molecule has 0 radical (unpaired) electrons. The van der Waals surface area contributed by atoms with Gasteiger partial charge in [-0.1, -0.05) is 60.1 Å². The van der Waals surface area contributed by atoms with E-state index >= 15 is 0 Å². The quantitative estimate of drug-likeness (QED) is 0.439. The van der Waals surface area contributed by atoms with Crippen LogP contribution in [-0.4, -0.2) is 21.2 Å². The molecule has 0 saturated heterocycles. The number of hydrogen-bond acceptors (Lipinski definition) is 5. The fraction of sp³-hybridized carbons (Fsp3) is 0.286. The van der Waals surface area contributed by atoms with Crippen molar-refractivity contribution in [3.8, 4) is 11.5 Å². The van der Waals surface area contributed by atoms with Crippen LogP contribution in [0, 0.1) is 13.8 Å². The summed E-state index contributed by atoms with van der Waals surface area (Å²) in [4.78, 5) is 12.6. The van der Waals surface area contributed by atoms with Gasteiger partial charge >= 0.3 is 0 Å². The maximum absolute atomic E-state index is 12.6. The number of aryl methyl sites for hydroxylation is 3. The van der Waals surface area contributed by atoms with Crippen LogP contribution in [0.5, 0.6) is 0 Å². The smallest absolute Gasteiger partial charge is 0.277 e. The van der Waals surface area contributed by atoms with Gasteiger partial charge in [-0.15, -0.1) is 10.2 Å². The van der Waals surface area contributed by atoms with Crippen molar-refractivity contribution >= 4 is 17.5 Å². The summed E-state index contributed by atoms with van der Waals surface area (Å²) in [7, 11) is 0. The second kappa shape index (κ2) is 7.87. The Morgan fingerprint density at radius 1 is 1.08 bits per heavy atom. The molecule has 0 amide bonds. The lowest BCUT2D eigenvalue weighted by Crippen LogP contribution is -2.13. The summed E-state index contributed by atoms with van der Waals surface area (Å²) in [6.07, 6.45) is 0.960. The van der Waals surface area contributed by atoms with Gasteiger partial charge in [-0.3, -0.25) is 4.79 Å². The van der Waals surface area contributed by atoms with E-state index in [2.05, 4.69) is 23.2 Å². The van der Waals surface area contributed by atoms with Gasteiger partial charge in [0.1, 0.15) is 0 Å². The molecule has 0 saturated carbocycles. The Kier molecular flexibility index (Phi) is 5.57. The first-order chi connectivity index (χ1) is 12.5. The maximum Gasteiger partial charge on any atom is 0.277 e. The average Bonchev–Trinajstić information content (AvgIpc) is 3.09. The number of hydrogen-bond donors (Lipinski definition) is 0. The van der Waals surface area contributed by atoms with E-state index in [1.807, 2.05) is 57.2 Å². The first-order valence-corrected chi connectivity index (χ1v) is 9.56. The van der Waals surface area contributed by atoms with Crippen molar-refractivity contribution in [2.24, 2.45) is 0 Å². The molecule has 0 spiro atoms. The zero-order valence-corrected chi connectivity index (χ0v) is 16.3. The molecule has 1 heterocycles. The molecule has 3 aromatic rings. The van der Waals surface area contributed by atoms with Gasteiger partial charge < -0.3 is 4.42 Å². The minimum absolute atomic E-state index is 0.0591. The van der Waals surface area contributed by atoms with Gasteiger partial charge in [-0.25, -0.2) is 0 Å². The van der Waals surface area contributed by atoms with E-state index < -0.39 is 0 Å². The fourth-order valence-electron chi connectivity index (χ4n) is 2.82. The molecule has 0 fully saturated rings. The lowest BCUT2D eigenvalue weighted by molar-refractivity contribution is 0.0993. The van der Waals surface area contributed by atoms with E-state index in [1.54, 1.807) is 0 Å². The highest BCUT2D eigenvalue weighted by Crippen LogP contribution is 2.28. The van der Waals surface area contributed by atoms with Gasteiger partial charge in [0, 0.05) is 11.1 Å². The Labute approximate surface area is 158 Å². The average molecular weight is 366 g/mol. The molecule has 134 valence electrons. The molecule has 1 aromatic heterocycles. The number of thioether (sulfide) groups is 1.